The summed E-state index contributed by atoms with van der Waals surface area (Å²) in [4.78, 5) is 0. The summed E-state index contributed by atoms with van der Waals surface area (Å²) < 4.78 is 0. The number of hydrogen-bond acceptors (Lipinski definition) is 0. The third-order valence-corrected chi connectivity index (χ3v) is 12.3. The van der Waals surface area contributed by atoms with E-state index in [0.717, 1.165) is 59.2 Å². The summed E-state index contributed by atoms with van der Waals surface area (Å²) in [6, 6.07) is 0. The lowest BCUT2D eigenvalue weighted by molar-refractivity contribution is 0.0722. The Hall–Kier alpha value is -0.260. The zero-order valence-electron chi connectivity index (χ0n) is 23.1. The minimum atomic E-state index is 0.887. The van der Waals surface area contributed by atoms with Gasteiger partial charge in [0.15, 0.2) is 0 Å². The average Bonchev–Trinajstić information content (AvgIpc) is 3.01. The molecule has 0 aromatic carbocycles. The van der Waals surface area contributed by atoms with Crippen LogP contribution in [-0.4, -0.2) is 0 Å². The first-order valence-corrected chi connectivity index (χ1v) is 16.4. The Balaban J connectivity index is 1.25. The second kappa shape index (κ2) is 11.9. The highest BCUT2D eigenvalue weighted by Crippen LogP contribution is 2.56. The summed E-state index contributed by atoms with van der Waals surface area (Å²) in [5, 5.41) is 0. The van der Waals surface area contributed by atoms with E-state index in [4.69, 9.17) is 6.58 Å². The van der Waals surface area contributed by atoms with Crippen LogP contribution in [0.5, 0.6) is 0 Å². The van der Waals surface area contributed by atoms with Crippen molar-refractivity contribution >= 4 is 0 Å². The lowest BCUT2D eigenvalue weighted by Gasteiger charge is -2.46. The van der Waals surface area contributed by atoms with Crippen LogP contribution in [0.1, 0.15) is 142 Å². The van der Waals surface area contributed by atoms with Crippen molar-refractivity contribution in [3.63, 3.8) is 0 Å². The highest BCUT2D eigenvalue weighted by molar-refractivity contribution is 5.15. The molecular weight excluding hydrogens is 408 g/mol. The topological polar surface area (TPSA) is 0 Å². The third kappa shape index (κ3) is 5.52. The largest absolute Gasteiger partial charge is 0.0993 e. The molecule has 0 N–H and O–H groups in total. The van der Waals surface area contributed by atoms with Gasteiger partial charge in [0.05, 0.1) is 0 Å². The zero-order valence-corrected chi connectivity index (χ0v) is 23.1. The predicted molar refractivity (Wildman–Crippen MR) is 148 cm³/mol. The fourth-order valence-electron chi connectivity index (χ4n) is 10.8. The maximum Gasteiger partial charge on any atom is -0.0172 e. The van der Waals surface area contributed by atoms with Gasteiger partial charge in [0.25, 0.3) is 0 Å². The van der Waals surface area contributed by atoms with Crippen LogP contribution in [0, 0.1) is 59.2 Å². The summed E-state index contributed by atoms with van der Waals surface area (Å²) in [5.41, 5.74) is 1.78. The number of fused-ring (bicyclic) bond motifs is 2. The van der Waals surface area contributed by atoms with Crippen LogP contribution in [0.15, 0.2) is 12.2 Å². The molecule has 0 heteroatoms. The van der Waals surface area contributed by atoms with Crippen molar-refractivity contribution in [3.05, 3.63) is 12.2 Å². The van der Waals surface area contributed by atoms with Gasteiger partial charge >= 0.3 is 0 Å². The molecule has 0 heterocycles. The maximum atomic E-state index is 4.99. The van der Waals surface area contributed by atoms with Crippen molar-refractivity contribution in [2.24, 2.45) is 59.2 Å². The van der Waals surface area contributed by atoms with Crippen LogP contribution >= 0.6 is 0 Å². The Morgan fingerprint density at radius 3 is 1.85 bits per heavy atom. The van der Waals surface area contributed by atoms with E-state index in [0.29, 0.717) is 0 Å². The molecule has 0 aromatic heterocycles. The van der Waals surface area contributed by atoms with Crippen LogP contribution in [0.3, 0.4) is 0 Å². The molecule has 34 heavy (non-hydrogen) atoms. The second-order valence-electron chi connectivity index (χ2n) is 14.1. The van der Waals surface area contributed by atoms with Crippen LogP contribution in [0.25, 0.3) is 0 Å². The number of rotatable bonds is 6. The first-order chi connectivity index (χ1) is 16.7. The van der Waals surface area contributed by atoms with Crippen molar-refractivity contribution in [1.82, 2.24) is 0 Å². The molecule has 0 nitrogen and oxygen atoms in total. The van der Waals surface area contributed by atoms with Gasteiger partial charge in [-0.2, -0.15) is 0 Å². The molecule has 5 saturated carbocycles. The monoisotopic (exact) mass is 466 g/mol. The molecule has 0 aromatic rings. The van der Waals surface area contributed by atoms with E-state index in [1.807, 2.05) is 0 Å². The van der Waals surface area contributed by atoms with E-state index in [9.17, 15) is 0 Å². The van der Waals surface area contributed by atoms with Gasteiger partial charge in [0.1, 0.15) is 0 Å². The van der Waals surface area contributed by atoms with Crippen LogP contribution in [-0.2, 0) is 0 Å². The van der Waals surface area contributed by atoms with Gasteiger partial charge in [-0.05, 0) is 117 Å². The molecule has 10 atom stereocenters. The fourth-order valence-corrected chi connectivity index (χ4v) is 10.8. The summed E-state index contributed by atoms with van der Waals surface area (Å²) >= 11 is 0. The van der Waals surface area contributed by atoms with E-state index < -0.39 is 0 Å². The molecular formula is C34H58. The molecule has 5 aliphatic carbocycles. The van der Waals surface area contributed by atoms with Gasteiger partial charge in [-0.15, -0.1) is 0 Å². The van der Waals surface area contributed by atoms with Gasteiger partial charge < -0.3 is 0 Å². The molecule has 0 aliphatic heterocycles. The quantitative estimate of drug-likeness (QED) is 0.341. The summed E-state index contributed by atoms with van der Waals surface area (Å²) in [5.74, 6) is 10.0. The molecule has 5 rings (SSSR count). The minimum Gasteiger partial charge on any atom is -0.0993 e. The second-order valence-corrected chi connectivity index (χ2v) is 14.1. The van der Waals surface area contributed by atoms with Crippen molar-refractivity contribution < 1.29 is 0 Å². The SMILES string of the molecule is C=C1C2CC(C3CCCC(CCC)C3)CCC2CCC2C1CCCC2C1CCCC(CCC)C1. The van der Waals surface area contributed by atoms with Crippen molar-refractivity contribution in [3.8, 4) is 0 Å². The molecule has 0 bridgehead atoms. The van der Waals surface area contributed by atoms with Gasteiger partial charge in [-0.1, -0.05) is 96.6 Å². The smallest absolute Gasteiger partial charge is 0.0172 e. The standard InChI is InChI=1S/C34H58/c1-4-9-25-11-6-13-28(21-25)29-18-17-27-19-20-33-31(24(3)34(27)23-29)15-8-16-32(33)30-14-7-12-26(22-30)10-5-2/h25-34H,3-23H2,1-2H3. The normalized spacial score (nSPS) is 45.8. The van der Waals surface area contributed by atoms with Crippen LogP contribution < -0.4 is 0 Å². The van der Waals surface area contributed by atoms with Crippen LogP contribution in [0.4, 0.5) is 0 Å². The Morgan fingerprint density at radius 2 is 1.12 bits per heavy atom. The summed E-state index contributed by atoms with van der Waals surface area (Å²) in [6.07, 6.45) is 30.4. The summed E-state index contributed by atoms with van der Waals surface area (Å²) in [7, 11) is 0. The van der Waals surface area contributed by atoms with Crippen molar-refractivity contribution in [2.75, 3.05) is 0 Å². The third-order valence-electron chi connectivity index (χ3n) is 12.3. The Bertz CT molecular complexity index is 638. The maximum absolute atomic E-state index is 4.99. The van der Waals surface area contributed by atoms with Crippen LogP contribution in [0.2, 0.25) is 0 Å². The fraction of sp³-hybridized carbons (Fsp3) is 0.941. The van der Waals surface area contributed by atoms with E-state index in [2.05, 4.69) is 13.8 Å². The van der Waals surface area contributed by atoms with Crippen molar-refractivity contribution in [2.45, 2.75) is 142 Å². The Morgan fingerprint density at radius 1 is 0.529 bits per heavy atom. The molecule has 10 unspecified atom stereocenters. The minimum absolute atomic E-state index is 0.887. The highest BCUT2D eigenvalue weighted by Gasteiger charge is 2.46. The van der Waals surface area contributed by atoms with Crippen molar-refractivity contribution in [1.29, 1.82) is 0 Å². The Labute approximate surface area is 213 Å². The number of allylic oxidation sites excluding steroid dienone is 1. The first-order valence-electron chi connectivity index (χ1n) is 16.4. The zero-order chi connectivity index (χ0) is 23.5. The van der Waals surface area contributed by atoms with E-state index in [1.54, 1.807) is 56.9 Å². The molecule has 0 saturated heterocycles. The Kier molecular flexibility index (Phi) is 8.86. The van der Waals surface area contributed by atoms with Gasteiger partial charge in [0, 0.05) is 0 Å². The molecule has 0 amide bonds. The van der Waals surface area contributed by atoms with Gasteiger partial charge in [0.2, 0.25) is 0 Å². The summed E-state index contributed by atoms with van der Waals surface area (Å²) in [6.45, 7) is 9.79. The number of hydrogen-bond donors (Lipinski definition) is 0. The average molecular weight is 467 g/mol. The van der Waals surface area contributed by atoms with E-state index >= 15 is 0 Å². The van der Waals surface area contributed by atoms with Gasteiger partial charge in [-0.3, -0.25) is 0 Å². The van der Waals surface area contributed by atoms with Gasteiger partial charge in [-0.25, -0.2) is 0 Å². The molecule has 194 valence electrons. The van der Waals surface area contributed by atoms with E-state index in [1.165, 1.54) is 77.0 Å². The van der Waals surface area contributed by atoms with E-state index in [-0.39, 0.29) is 0 Å². The molecule has 5 fully saturated rings. The molecule has 5 aliphatic rings. The molecule has 0 spiro atoms. The first kappa shape index (κ1) is 25.4. The predicted octanol–water partition coefficient (Wildman–Crippen LogP) is 10.6. The lowest BCUT2D eigenvalue weighted by Crippen LogP contribution is -2.37. The molecule has 0 radical (unpaired) electrons. The highest BCUT2D eigenvalue weighted by atomic mass is 14.5. The lowest BCUT2D eigenvalue weighted by atomic mass is 9.59.